The van der Waals surface area contributed by atoms with E-state index in [0.717, 1.165) is 31.3 Å². The summed E-state index contributed by atoms with van der Waals surface area (Å²) in [5, 5.41) is 29.6. The molecule has 0 aliphatic heterocycles. The largest absolute Gasteiger partial charge is 0.747 e. The predicted octanol–water partition coefficient (Wildman–Crippen LogP) is 6.06. The molecule has 0 bridgehead atoms. The van der Waals surface area contributed by atoms with Gasteiger partial charge in [-0.15, -0.1) is 0 Å². The third-order valence-electron chi connectivity index (χ3n) is 11.9. The van der Waals surface area contributed by atoms with E-state index in [9.17, 15) is 33.1 Å². The number of phenols is 2. The summed E-state index contributed by atoms with van der Waals surface area (Å²) in [5.41, 5.74) is -0.211. The highest BCUT2D eigenvalue weighted by atomic mass is 32.2. The number of allylic oxidation sites excluding steroid dienone is 1. The summed E-state index contributed by atoms with van der Waals surface area (Å²) in [6.07, 6.45) is 6.89. The molecule has 38 heavy (non-hydrogen) atoms. The minimum Gasteiger partial charge on any atom is -0.747 e. The van der Waals surface area contributed by atoms with Crippen molar-refractivity contribution in [3.63, 3.8) is 0 Å². The number of fused-ring (bicyclic) bond motifs is 7. The third kappa shape index (κ3) is 3.47. The minimum absolute atomic E-state index is 0. The Morgan fingerprint density at radius 1 is 1.00 bits per heavy atom. The van der Waals surface area contributed by atoms with E-state index in [1.54, 1.807) is 13.0 Å². The molecular formula is C29H43NO7S. The minimum atomic E-state index is -4.82. The van der Waals surface area contributed by atoms with Crippen LogP contribution in [0.25, 0.3) is 0 Å². The molecule has 0 radical (unpaired) electrons. The molecule has 0 spiro atoms. The van der Waals surface area contributed by atoms with Crippen molar-refractivity contribution in [3.05, 3.63) is 34.4 Å². The number of rotatable bonds is 2. The Morgan fingerprint density at radius 2 is 1.61 bits per heavy atom. The maximum atomic E-state index is 12.7. The van der Waals surface area contributed by atoms with Gasteiger partial charge in [-0.3, -0.25) is 4.79 Å². The summed E-state index contributed by atoms with van der Waals surface area (Å²) in [5.74, 6) is -1.36. The summed E-state index contributed by atoms with van der Waals surface area (Å²) in [4.78, 5) is 12.3. The van der Waals surface area contributed by atoms with E-state index >= 15 is 0 Å². The molecule has 212 valence electrons. The monoisotopic (exact) mass is 549 g/mol. The molecular weight excluding hydrogens is 506 g/mol. The second-order valence-corrected chi connectivity index (χ2v) is 15.2. The molecule has 2 unspecified atom stereocenters. The van der Waals surface area contributed by atoms with Crippen LogP contribution in [-0.4, -0.2) is 34.3 Å². The molecule has 0 saturated heterocycles. The highest BCUT2D eigenvalue weighted by Crippen LogP contribution is 2.75. The van der Waals surface area contributed by atoms with Gasteiger partial charge in [0.2, 0.25) is 0 Å². The number of benzene rings is 1. The number of aromatic hydroxyl groups is 2. The first-order chi connectivity index (χ1) is 16.8. The Hall–Kier alpha value is -2.10. The third-order valence-corrected chi connectivity index (χ3v) is 12.9. The normalized spacial score (nSPS) is 41.9. The highest BCUT2D eigenvalue weighted by Gasteiger charge is 2.67. The van der Waals surface area contributed by atoms with Crippen molar-refractivity contribution >= 4 is 16.1 Å². The molecule has 9 heteroatoms. The lowest BCUT2D eigenvalue weighted by Crippen LogP contribution is -2.62. The average Bonchev–Trinajstić information content (AvgIpc) is 2.80. The van der Waals surface area contributed by atoms with Gasteiger partial charge >= 0.3 is 5.97 Å². The number of hydrogen-bond donors (Lipinski definition) is 4. The van der Waals surface area contributed by atoms with Crippen molar-refractivity contribution in [1.82, 2.24) is 6.15 Å². The van der Waals surface area contributed by atoms with Gasteiger partial charge in [0, 0.05) is 5.41 Å². The number of quaternary nitrogens is 1. The topological polar surface area (TPSA) is 171 Å². The molecule has 7 atom stereocenters. The van der Waals surface area contributed by atoms with Gasteiger partial charge in [-0.05, 0) is 104 Å². The summed E-state index contributed by atoms with van der Waals surface area (Å²) >= 11 is 0. The van der Waals surface area contributed by atoms with Crippen molar-refractivity contribution in [3.8, 4) is 11.5 Å². The van der Waals surface area contributed by atoms with E-state index in [0.29, 0.717) is 24.8 Å². The second kappa shape index (κ2) is 8.21. The highest BCUT2D eigenvalue weighted by molar-refractivity contribution is 7.86. The van der Waals surface area contributed by atoms with Gasteiger partial charge in [0.25, 0.3) is 0 Å². The smallest absolute Gasteiger partial charge is 0.309 e. The molecule has 1 aromatic rings. The molecule has 3 saturated carbocycles. The van der Waals surface area contributed by atoms with Crippen LogP contribution < -0.4 is 6.15 Å². The molecule has 7 N–H and O–H groups in total. The first-order valence-electron chi connectivity index (χ1n) is 13.3. The number of phenolic OH excluding ortho intramolecular Hbond substituents is 2. The van der Waals surface area contributed by atoms with Crippen LogP contribution in [0.4, 0.5) is 0 Å². The van der Waals surface area contributed by atoms with Gasteiger partial charge in [-0.2, -0.15) is 0 Å². The maximum absolute atomic E-state index is 12.7. The van der Waals surface area contributed by atoms with Crippen LogP contribution in [0, 0.1) is 34.5 Å². The van der Waals surface area contributed by atoms with Crippen LogP contribution in [0.2, 0.25) is 0 Å². The molecule has 5 rings (SSSR count). The average molecular weight is 550 g/mol. The van der Waals surface area contributed by atoms with E-state index in [1.807, 2.05) is 6.92 Å². The fourth-order valence-corrected chi connectivity index (χ4v) is 10.0. The van der Waals surface area contributed by atoms with Crippen LogP contribution in [0.5, 0.6) is 11.5 Å². The molecule has 0 amide bonds. The Bertz CT molecular complexity index is 1350. The van der Waals surface area contributed by atoms with E-state index in [-0.39, 0.29) is 39.8 Å². The molecule has 3 fully saturated rings. The van der Waals surface area contributed by atoms with Gasteiger partial charge in [0.05, 0.1) is 10.7 Å². The number of carboxylic acids is 1. The quantitative estimate of drug-likeness (QED) is 0.197. The lowest BCUT2D eigenvalue weighted by Gasteiger charge is -2.70. The molecule has 8 nitrogen and oxygen atoms in total. The van der Waals surface area contributed by atoms with Gasteiger partial charge in [-0.1, -0.05) is 39.3 Å². The van der Waals surface area contributed by atoms with Crippen molar-refractivity contribution in [2.24, 2.45) is 27.6 Å². The molecule has 1 aromatic carbocycles. The SMILES string of the molecule is Cc1c(O)c(O)cc2c1C(S(=O)(=O)[O-])C=C1[C@@]2(C)CC[C@@]2(C)C3C[C@](C)(C(=O)O)CC[C@]3(C)CC[C@]12C.[NH4+]. The predicted molar refractivity (Wildman–Crippen MR) is 144 cm³/mol. The number of hydrogen-bond acceptors (Lipinski definition) is 6. The Kier molecular flexibility index (Phi) is 6.24. The summed E-state index contributed by atoms with van der Waals surface area (Å²) in [6, 6.07) is 1.45. The molecule has 4 aliphatic carbocycles. The molecule has 0 heterocycles. The van der Waals surface area contributed by atoms with Crippen LogP contribution >= 0.6 is 0 Å². The number of carboxylic acid groups (broad SMARTS) is 1. The van der Waals surface area contributed by atoms with Crippen molar-refractivity contribution in [1.29, 1.82) is 0 Å². The van der Waals surface area contributed by atoms with Gasteiger partial charge in [-0.25, -0.2) is 8.42 Å². The van der Waals surface area contributed by atoms with E-state index in [1.165, 1.54) is 6.07 Å². The Labute approximate surface area is 225 Å². The van der Waals surface area contributed by atoms with E-state index in [4.69, 9.17) is 0 Å². The first kappa shape index (κ1) is 28.9. The zero-order chi connectivity index (χ0) is 27.6. The van der Waals surface area contributed by atoms with Gasteiger partial charge < -0.3 is 26.0 Å². The van der Waals surface area contributed by atoms with Crippen molar-refractivity contribution in [2.75, 3.05) is 0 Å². The van der Waals surface area contributed by atoms with E-state index < -0.39 is 43.3 Å². The van der Waals surface area contributed by atoms with Crippen LogP contribution in [0.1, 0.15) is 102 Å². The number of aliphatic carboxylic acids is 1. The van der Waals surface area contributed by atoms with Crippen LogP contribution in [-0.2, 0) is 20.3 Å². The summed E-state index contributed by atoms with van der Waals surface area (Å²) in [6.45, 7) is 12.2. The lowest BCUT2D eigenvalue weighted by atomic mass is 9.34. The molecule has 4 aliphatic rings. The zero-order valence-corrected chi connectivity index (χ0v) is 24.5. The van der Waals surface area contributed by atoms with Gasteiger partial charge in [0.1, 0.15) is 10.1 Å². The summed E-state index contributed by atoms with van der Waals surface area (Å²) in [7, 11) is -4.82. The Balaban J connectivity index is 0.00000336. The standard InChI is InChI=1S/C29H40O7S.H3N/c1-16-22-17(13-18(30)23(16)31)27(4)10-12-29(6)21-15-26(3,24(32)33)8-7-25(21,2)9-11-28(29,5)20(27)14-19(22)37(34,35)36;/h13-14,19,21,30-31H,7-12,15H2,1-6H3,(H,32,33)(H,34,35,36);1H3/t19?,21?,25-,26-,27+,28-,29+;/m1./s1. The van der Waals surface area contributed by atoms with Gasteiger partial charge in [0.15, 0.2) is 11.5 Å². The number of carbonyl (C=O) groups is 1. The second-order valence-electron chi connectivity index (χ2n) is 13.7. The van der Waals surface area contributed by atoms with Crippen LogP contribution in [0.15, 0.2) is 17.7 Å². The van der Waals surface area contributed by atoms with Crippen molar-refractivity contribution < 1.29 is 33.1 Å². The Morgan fingerprint density at radius 3 is 2.18 bits per heavy atom. The maximum Gasteiger partial charge on any atom is 0.309 e. The van der Waals surface area contributed by atoms with Crippen LogP contribution in [0.3, 0.4) is 0 Å². The molecule has 0 aromatic heterocycles. The summed E-state index contributed by atoms with van der Waals surface area (Å²) < 4.78 is 38.0. The first-order valence-corrected chi connectivity index (χ1v) is 14.8. The van der Waals surface area contributed by atoms with E-state index in [2.05, 4.69) is 27.7 Å². The lowest BCUT2D eigenvalue weighted by molar-refractivity contribution is -0.177. The zero-order valence-electron chi connectivity index (χ0n) is 23.6. The van der Waals surface area contributed by atoms with Crippen molar-refractivity contribution in [2.45, 2.75) is 97.2 Å². The fraction of sp³-hybridized carbons (Fsp3) is 0.690. The fourth-order valence-electron chi connectivity index (χ4n) is 9.11.